The number of nitrogens with zero attached hydrogens (tertiary/aromatic N) is 2. The summed E-state index contributed by atoms with van der Waals surface area (Å²) in [6.07, 6.45) is 0. The van der Waals surface area contributed by atoms with Gasteiger partial charge in [0.25, 0.3) is 0 Å². The van der Waals surface area contributed by atoms with Gasteiger partial charge in [-0.25, -0.2) is 4.98 Å². The standard InChI is InChI=1S/C50H36N2O/c1-50(2)44-22-11-9-19-41(44)42-29-28-37(32-45(42)50)52(46-23-12-10-18-39(46)33-14-5-3-6-15-33)36-26-24-34(25-27-36)38-20-13-21-43-40(38)30-31-47-48(43)51-49(53-47)35-16-7-4-8-17-35/h3-32H,1-2H3. The predicted octanol–water partition coefficient (Wildman–Crippen LogP) is 13.8. The van der Waals surface area contributed by atoms with Gasteiger partial charge < -0.3 is 9.32 Å². The highest BCUT2D eigenvalue weighted by atomic mass is 16.3. The Morgan fingerprint density at radius 2 is 1.08 bits per heavy atom. The maximum absolute atomic E-state index is 6.22. The molecule has 0 saturated carbocycles. The summed E-state index contributed by atoms with van der Waals surface area (Å²) < 4.78 is 6.22. The van der Waals surface area contributed by atoms with E-state index in [1.54, 1.807) is 0 Å². The third-order valence-corrected chi connectivity index (χ3v) is 10.9. The van der Waals surface area contributed by atoms with Crippen LogP contribution in [0.15, 0.2) is 186 Å². The van der Waals surface area contributed by atoms with Crippen molar-refractivity contribution in [1.82, 2.24) is 4.98 Å². The first-order valence-corrected chi connectivity index (χ1v) is 18.2. The molecule has 0 bridgehead atoms. The van der Waals surface area contributed by atoms with Gasteiger partial charge >= 0.3 is 0 Å². The second-order valence-corrected chi connectivity index (χ2v) is 14.4. The molecule has 3 nitrogen and oxygen atoms in total. The van der Waals surface area contributed by atoms with Crippen LogP contribution in [0.2, 0.25) is 0 Å². The summed E-state index contributed by atoms with van der Waals surface area (Å²) in [6, 6.07) is 65.0. The van der Waals surface area contributed by atoms with Gasteiger partial charge in [-0.05, 0) is 98.9 Å². The lowest BCUT2D eigenvalue weighted by Crippen LogP contribution is -2.16. The predicted molar refractivity (Wildman–Crippen MR) is 220 cm³/mol. The summed E-state index contributed by atoms with van der Waals surface area (Å²) in [4.78, 5) is 7.37. The van der Waals surface area contributed by atoms with Crippen LogP contribution in [0.25, 0.3) is 66.7 Å². The average molecular weight is 681 g/mol. The van der Waals surface area contributed by atoms with Crippen LogP contribution in [-0.2, 0) is 5.41 Å². The molecular weight excluding hydrogens is 645 g/mol. The number of rotatable bonds is 6. The Labute approximate surface area is 309 Å². The third-order valence-electron chi connectivity index (χ3n) is 10.9. The Kier molecular flexibility index (Phi) is 7.16. The van der Waals surface area contributed by atoms with Gasteiger partial charge in [-0.2, -0.15) is 0 Å². The van der Waals surface area contributed by atoms with E-state index in [1.165, 1.54) is 33.4 Å². The van der Waals surface area contributed by atoms with Crippen molar-refractivity contribution in [2.45, 2.75) is 19.3 Å². The summed E-state index contributed by atoms with van der Waals surface area (Å²) in [6.45, 7) is 4.69. The van der Waals surface area contributed by atoms with Crippen molar-refractivity contribution >= 4 is 38.9 Å². The molecule has 3 heteroatoms. The smallest absolute Gasteiger partial charge is 0.227 e. The Bertz CT molecular complexity index is 2800. The zero-order chi connectivity index (χ0) is 35.5. The van der Waals surface area contributed by atoms with Gasteiger partial charge in [-0.1, -0.05) is 141 Å². The monoisotopic (exact) mass is 680 g/mol. The van der Waals surface area contributed by atoms with E-state index in [2.05, 4.69) is 164 Å². The van der Waals surface area contributed by atoms with E-state index < -0.39 is 0 Å². The number of fused-ring (bicyclic) bond motifs is 6. The van der Waals surface area contributed by atoms with Gasteiger partial charge in [0.1, 0.15) is 5.52 Å². The lowest BCUT2D eigenvalue weighted by Gasteiger charge is -2.30. The van der Waals surface area contributed by atoms with Crippen LogP contribution >= 0.6 is 0 Å². The Morgan fingerprint density at radius 1 is 0.453 bits per heavy atom. The third kappa shape index (κ3) is 5.08. The van der Waals surface area contributed by atoms with Gasteiger partial charge in [0.05, 0.1) is 5.69 Å². The van der Waals surface area contributed by atoms with Gasteiger partial charge in [-0.3, -0.25) is 0 Å². The molecule has 1 aromatic heterocycles. The SMILES string of the molecule is CC1(C)c2ccccc2-c2ccc(N(c3ccc(-c4cccc5c4ccc4oc(-c6ccccc6)nc45)cc3)c3ccccc3-c3ccccc3)cc21. The largest absolute Gasteiger partial charge is 0.436 e. The molecule has 0 amide bonds. The summed E-state index contributed by atoms with van der Waals surface area (Å²) in [5.74, 6) is 0.637. The van der Waals surface area contributed by atoms with Crippen molar-refractivity contribution in [3.8, 4) is 44.8 Å². The molecule has 0 radical (unpaired) electrons. The van der Waals surface area contributed by atoms with Crippen LogP contribution in [0.4, 0.5) is 17.1 Å². The molecule has 10 rings (SSSR count). The van der Waals surface area contributed by atoms with E-state index in [-0.39, 0.29) is 5.41 Å². The average Bonchev–Trinajstić information content (AvgIpc) is 3.76. The highest BCUT2D eigenvalue weighted by Crippen LogP contribution is 2.51. The highest BCUT2D eigenvalue weighted by Gasteiger charge is 2.35. The minimum Gasteiger partial charge on any atom is -0.436 e. The summed E-state index contributed by atoms with van der Waals surface area (Å²) in [7, 11) is 0. The van der Waals surface area contributed by atoms with Gasteiger partial charge in [0.2, 0.25) is 5.89 Å². The number of hydrogen-bond donors (Lipinski definition) is 0. The maximum atomic E-state index is 6.22. The molecule has 0 unspecified atom stereocenters. The molecule has 0 saturated heterocycles. The lowest BCUT2D eigenvalue weighted by molar-refractivity contribution is 0.620. The van der Waals surface area contributed by atoms with Crippen molar-refractivity contribution in [1.29, 1.82) is 0 Å². The highest BCUT2D eigenvalue weighted by molar-refractivity contribution is 6.09. The normalized spacial score (nSPS) is 12.9. The van der Waals surface area contributed by atoms with E-state index in [1.807, 2.05) is 36.4 Å². The number of oxazole rings is 1. The first-order chi connectivity index (χ1) is 26.0. The van der Waals surface area contributed by atoms with Crippen molar-refractivity contribution < 1.29 is 4.42 Å². The first kappa shape index (κ1) is 31.1. The molecule has 9 aromatic rings. The fraction of sp³-hybridized carbons (Fsp3) is 0.0600. The number of hydrogen-bond acceptors (Lipinski definition) is 3. The van der Waals surface area contributed by atoms with Gasteiger partial charge in [0, 0.05) is 33.3 Å². The van der Waals surface area contributed by atoms with Crippen LogP contribution in [-0.4, -0.2) is 4.98 Å². The van der Waals surface area contributed by atoms with Crippen LogP contribution in [0, 0.1) is 0 Å². The molecule has 0 fully saturated rings. The number of aromatic nitrogens is 1. The van der Waals surface area contributed by atoms with Gasteiger partial charge in [0.15, 0.2) is 5.58 Å². The Morgan fingerprint density at radius 3 is 1.87 bits per heavy atom. The lowest BCUT2D eigenvalue weighted by atomic mass is 9.82. The van der Waals surface area contributed by atoms with E-state index in [0.29, 0.717) is 5.89 Å². The van der Waals surface area contributed by atoms with Crippen molar-refractivity contribution in [2.75, 3.05) is 4.90 Å². The van der Waals surface area contributed by atoms with Crippen molar-refractivity contribution in [3.05, 3.63) is 193 Å². The van der Waals surface area contributed by atoms with E-state index in [4.69, 9.17) is 9.40 Å². The first-order valence-electron chi connectivity index (χ1n) is 18.2. The van der Waals surface area contributed by atoms with Crippen molar-refractivity contribution in [2.24, 2.45) is 0 Å². The van der Waals surface area contributed by atoms with Crippen molar-refractivity contribution in [3.63, 3.8) is 0 Å². The molecule has 0 N–H and O–H groups in total. The van der Waals surface area contributed by atoms with E-state index in [9.17, 15) is 0 Å². The molecule has 1 aliphatic carbocycles. The van der Waals surface area contributed by atoms with Gasteiger partial charge in [-0.15, -0.1) is 0 Å². The quantitative estimate of drug-likeness (QED) is 0.175. The zero-order valence-corrected chi connectivity index (χ0v) is 29.6. The molecule has 0 atom stereocenters. The fourth-order valence-electron chi connectivity index (χ4n) is 8.28. The minimum atomic E-state index is -0.109. The molecule has 0 spiro atoms. The van der Waals surface area contributed by atoms with E-state index >= 15 is 0 Å². The number of anilines is 3. The summed E-state index contributed by atoms with van der Waals surface area (Å²) in [5.41, 5.74) is 15.9. The zero-order valence-electron chi connectivity index (χ0n) is 29.6. The second-order valence-electron chi connectivity index (χ2n) is 14.4. The van der Waals surface area contributed by atoms with Crippen LogP contribution in [0.1, 0.15) is 25.0 Å². The fourth-order valence-corrected chi connectivity index (χ4v) is 8.28. The van der Waals surface area contributed by atoms with Crippen LogP contribution in [0.3, 0.4) is 0 Å². The number of para-hydroxylation sites is 1. The van der Waals surface area contributed by atoms with Crippen LogP contribution < -0.4 is 4.90 Å². The molecular formula is C50H36N2O. The minimum absolute atomic E-state index is 0.109. The number of benzene rings is 8. The molecule has 1 heterocycles. The maximum Gasteiger partial charge on any atom is 0.227 e. The van der Waals surface area contributed by atoms with Crippen LogP contribution in [0.5, 0.6) is 0 Å². The second kappa shape index (κ2) is 12.2. The molecule has 1 aliphatic rings. The molecule has 53 heavy (non-hydrogen) atoms. The Balaban J connectivity index is 1.10. The topological polar surface area (TPSA) is 29.3 Å². The summed E-state index contributed by atoms with van der Waals surface area (Å²) >= 11 is 0. The molecule has 252 valence electrons. The summed E-state index contributed by atoms with van der Waals surface area (Å²) in [5, 5.41) is 2.22. The molecule has 0 aliphatic heterocycles. The van der Waals surface area contributed by atoms with E-state index in [0.717, 1.165) is 55.6 Å². The molecule has 8 aromatic carbocycles. The Hall–Kier alpha value is -6.71.